The lowest BCUT2D eigenvalue weighted by molar-refractivity contribution is -0.204. The van der Waals surface area contributed by atoms with Crippen LogP contribution in [-0.4, -0.2) is 9.55 Å². The van der Waals surface area contributed by atoms with Crippen molar-refractivity contribution in [2.24, 2.45) is 0 Å². The third-order valence-electron chi connectivity index (χ3n) is 1.17. The van der Waals surface area contributed by atoms with Crippen LogP contribution in [0.25, 0.3) is 0 Å². The van der Waals surface area contributed by atoms with Gasteiger partial charge in [0.2, 0.25) is 0 Å². The standard InChI is InChI=1S/C5H2F6N2/c6-4(7,8)3-1-13(2-12-3)5(9,10)11/h1-2H. The molecular weight excluding hydrogens is 202 g/mol. The maximum absolute atomic E-state index is 11.7. The van der Waals surface area contributed by atoms with E-state index in [2.05, 4.69) is 4.98 Å². The average Bonchev–Trinajstić information content (AvgIpc) is 2.28. The van der Waals surface area contributed by atoms with Crippen molar-refractivity contribution in [1.82, 2.24) is 9.55 Å². The smallest absolute Gasteiger partial charge is 0.247 e. The molecule has 0 atom stereocenters. The molecule has 0 N–H and O–H groups in total. The van der Waals surface area contributed by atoms with E-state index in [1.54, 1.807) is 0 Å². The molecule has 0 aromatic carbocycles. The summed E-state index contributed by atoms with van der Waals surface area (Å²) in [5, 5.41) is 0. The molecule has 1 aromatic heterocycles. The quantitative estimate of drug-likeness (QED) is 0.593. The Balaban J connectivity index is 3.01. The topological polar surface area (TPSA) is 17.8 Å². The van der Waals surface area contributed by atoms with E-state index in [4.69, 9.17) is 0 Å². The van der Waals surface area contributed by atoms with E-state index in [0.29, 0.717) is 0 Å². The molecule has 0 unspecified atom stereocenters. The van der Waals surface area contributed by atoms with E-state index in [1.807, 2.05) is 0 Å². The van der Waals surface area contributed by atoms with Crippen LogP contribution in [0, 0.1) is 0 Å². The first-order valence-corrected chi connectivity index (χ1v) is 2.89. The van der Waals surface area contributed by atoms with E-state index in [1.165, 1.54) is 0 Å². The van der Waals surface area contributed by atoms with Gasteiger partial charge in [-0.15, -0.1) is 13.2 Å². The van der Waals surface area contributed by atoms with Crippen molar-refractivity contribution in [3.63, 3.8) is 0 Å². The fraction of sp³-hybridized carbons (Fsp3) is 0.400. The first-order valence-electron chi connectivity index (χ1n) is 2.89. The summed E-state index contributed by atoms with van der Waals surface area (Å²) in [5.41, 5.74) is -1.56. The van der Waals surface area contributed by atoms with Gasteiger partial charge in [0.05, 0.1) is 0 Å². The molecule has 2 nitrogen and oxygen atoms in total. The zero-order valence-corrected chi connectivity index (χ0v) is 5.82. The molecule has 0 bridgehead atoms. The van der Waals surface area contributed by atoms with E-state index in [9.17, 15) is 26.3 Å². The number of halogens is 6. The molecule has 1 aromatic rings. The van der Waals surface area contributed by atoms with E-state index < -0.39 is 22.7 Å². The van der Waals surface area contributed by atoms with Crippen LogP contribution in [0.3, 0.4) is 0 Å². The predicted octanol–water partition coefficient (Wildman–Crippen LogP) is 2.38. The lowest BCUT2D eigenvalue weighted by Gasteiger charge is -2.05. The average molecular weight is 204 g/mol. The molecule has 0 radical (unpaired) electrons. The minimum Gasteiger partial charge on any atom is -0.247 e. The van der Waals surface area contributed by atoms with Gasteiger partial charge in [0, 0.05) is 6.20 Å². The van der Waals surface area contributed by atoms with Crippen LogP contribution < -0.4 is 0 Å². The van der Waals surface area contributed by atoms with E-state index in [0.717, 1.165) is 0 Å². The van der Waals surface area contributed by atoms with E-state index >= 15 is 0 Å². The van der Waals surface area contributed by atoms with Gasteiger partial charge in [0.25, 0.3) is 0 Å². The van der Waals surface area contributed by atoms with Crippen molar-refractivity contribution in [1.29, 1.82) is 0 Å². The Morgan fingerprint density at radius 2 is 1.62 bits per heavy atom. The predicted molar refractivity (Wildman–Crippen MR) is 28.5 cm³/mol. The van der Waals surface area contributed by atoms with Crippen molar-refractivity contribution in [2.45, 2.75) is 12.5 Å². The number of alkyl halides is 6. The highest BCUT2D eigenvalue weighted by Gasteiger charge is 2.37. The Bertz CT molecular complexity index is 266. The summed E-state index contributed by atoms with van der Waals surface area (Å²) in [7, 11) is 0. The Morgan fingerprint density at radius 3 is 1.85 bits per heavy atom. The number of imidazole rings is 1. The second-order valence-corrected chi connectivity index (χ2v) is 2.13. The van der Waals surface area contributed by atoms with Gasteiger partial charge in [0.1, 0.15) is 6.33 Å². The van der Waals surface area contributed by atoms with Gasteiger partial charge in [-0.2, -0.15) is 13.2 Å². The summed E-state index contributed by atoms with van der Waals surface area (Å²) in [4.78, 5) is 2.57. The molecule has 0 aliphatic rings. The summed E-state index contributed by atoms with van der Waals surface area (Å²) in [6.45, 7) is 0. The molecule has 0 amide bonds. The van der Waals surface area contributed by atoms with Crippen LogP contribution in [-0.2, 0) is 12.5 Å². The summed E-state index contributed by atoms with van der Waals surface area (Å²) < 4.78 is 69.9. The highest BCUT2D eigenvalue weighted by atomic mass is 19.4. The lowest BCUT2D eigenvalue weighted by Crippen LogP contribution is -2.14. The summed E-state index contributed by atoms with van der Waals surface area (Å²) in [6.07, 6.45) is -9.75. The van der Waals surface area contributed by atoms with Crippen molar-refractivity contribution in [2.75, 3.05) is 0 Å². The van der Waals surface area contributed by atoms with Crippen LogP contribution in [0.1, 0.15) is 5.69 Å². The van der Waals surface area contributed by atoms with Crippen molar-refractivity contribution >= 4 is 0 Å². The molecule has 0 aliphatic heterocycles. The maximum Gasteiger partial charge on any atom is 0.489 e. The van der Waals surface area contributed by atoms with Crippen LogP contribution in [0.4, 0.5) is 26.3 Å². The van der Waals surface area contributed by atoms with Crippen molar-refractivity contribution in [3.05, 3.63) is 18.2 Å². The number of aromatic nitrogens is 2. The molecule has 1 rings (SSSR count). The summed E-state index contributed by atoms with van der Waals surface area (Å²) in [6, 6.07) is 0. The van der Waals surface area contributed by atoms with Gasteiger partial charge in [-0.05, 0) is 0 Å². The summed E-state index contributed by atoms with van der Waals surface area (Å²) >= 11 is 0. The fourth-order valence-electron chi connectivity index (χ4n) is 0.608. The van der Waals surface area contributed by atoms with Crippen LogP contribution in [0.15, 0.2) is 12.5 Å². The van der Waals surface area contributed by atoms with Gasteiger partial charge >= 0.3 is 12.5 Å². The van der Waals surface area contributed by atoms with Gasteiger partial charge in [-0.3, -0.25) is 0 Å². The van der Waals surface area contributed by atoms with Crippen LogP contribution in [0.2, 0.25) is 0 Å². The fourth-order valence-corrected chi connectivity index (χ4v) is 0.608. The monoisotopic (exact) mass is 204 g/mol. The van der Waals surface area contributed by atoms with Gasteiger partial charge in [-0.25, -0.2) is 9.55 Å². The SMILES string of the molecule is FC(F)(F)c1cn(C(F)(F)F)cn1. The number of hydrogen-bond acceptors (Lipinski definition) is 1. The molecular formula is C5H2F6N2. The van der Waals surface area contributed by atoms with Crippen LogP contribution in [0.5, 0.6) is 0 Å². The minimum absolute atomic E-state index is 0.0722. The number of rotatable bonds is 0. The Kier molecular flexibility index (Phi) is 2.01. The van der Waals surface area contributed by atoms with Gasteiger partial charge in [0.15, 0.2) is 5.69 Å². The maximum atomic E-state index is 11.7. The molecule has 8 heteroatoms. The molecule has 0 aliphatic carbocycles. The van der Waals surface area contributed by atoms with Crippen molar-refractivity contribution < 1.29 is 26.3 Å². The Labute approximate surface area is 67.8 Å². The molecule has 74 valence electrons. The first-order chi connectivity index (χ1) is 5.71. The summed E-state index contributed by atoms with van der Waals surface area (Å²) in [5.74, 6) is 0. The zero-order chi connectivity index (χ0) is 10.3. The molecule has 13 heavy (non-hydrogen) atoms. The number of hydrogen-bond donors (Lipinski definition) is 0. The third-order valence-corrected chi connectivity index (χ3v) is 1.17. The molecule has 0 spiro atoms. The molecule has 0 saturated heterocycles. The van der Waals surface area contributed by atoms with Gasteiger partial charge < -0.3 is 0 Å². The molecule has 1 heterocycles. The van der Waals surface area contributed by atoms with E-state index in [-0.39, 0.29) is 12.5 Å². The lowest BCUT2D eigenvalue weighted by atomic mass is 10.5. The third kappa shape index (κ3) is 2.13. The number of nitrogens with zero attached hydrogens (tertiary/aromatic N) is 2. The second-order valence-electron chi connectivity index (χ2n) is 2.13. The van der Waals surface area contributed by atoms with Crippen LogP contribution >= 0.6 is 0 Å². The Morgan fingerprint density at radius 1 is 1.08 bits per heavy atom. The highest BCUT2D eigenvalue weighted by molar-refractivity contribution is 5.01. The van der Waals surface area contributed by atoms with Crippen molar-refractivity contribution in [3.8, 4) is 0 Å². The normalized spacial score (nSPS) is 13.4. The molecule has 0 fully saturated rings. The largest absolute Gasteiger partial charge is 0.489 e. The zero-order valence-electron chi connectivity index (χ0n) is 5.82. The van der Waals surface area contributed by atoms with Gasteiger partial charge in [-0.1, -0.05) is 0 Å². The Hall–Kier alpha value is -1.21. The highest BCUT2D eigenvalue weighted by Crippen LogP contribution is 2.30. The minimum atomic E-state index is -4.86. The second kappa shape index (κ2) is 2.64. The first kappa shape index (κ1) is 9.87. The molecule has 0 saturated carbocycles.